The van der Waals surface area contributed by atoms with Crippen molar-refractivity contribution in [2.45, 2.75) is 65.5 Å². The summed E-state index contributed by atoms with van der Waals surface area (Å²) in [6, 6.07) is 0.292. The lowest BCUT2D eigenvalue weighted by Gasteiger charge is -2.29. The number of nitrogens with one attached hydrogen (secondary N) is 2. The zero-order valence-corrected chi connectivity index (χ0v) is 21.0. The smallest absolute Gasteiger partial charge is 0.308 e. The highest BCUT2D eigenvalue weighted by molar-refractivity contribution is 14.0. The molecule has 2 rings (SSSR count). The molecule has 1 aliphatic carbocycles. The van der Waals surface area contributed by atoms with Gasteiger partial charge in [0.25, 0.3) is 0 Å². The number of carbonyl (C=O) groups is 1. The molecule has 30 heavy (non-hydrogen) atoms. The highest BCUT2D eigenvalue weighted by atomic mass is 127. The van der Waals surface area contributed by atoms with Gasteiger partial charge in [0.2, 0.25) is 0 Å². The number of carbonyl (C=O) groups excluding carboxylic acids is 1. The van der Waals surface area contributed by atoms with Crippen molar-refractivity contribution in [3.8, 4) is 0 Å². The molecule has 0 aliphatic heterocycles. The first-order chi connectivity index (χ1) is 14.0. The summed E-state index contributed by atoms with van der Waals surface area (Å²) in [5.41, 5.74) is 0. The third kappa shape index (κ3) is 8.75. The number of nitrogens with zero attached hydrogens (tertiary/aromatic N) is 4. The fourth-order valence-electron chi connectivity index (χ4n) is 3.34. The van der Waals surface area contributed by atoms with E-state index in [-0.39, 0.29) is 35.9 Å². The first-order valence-corrected chi connectivity index (χ1v) is 10.7. The van der Waals surface area contributed by atoms with Crippen LogP contribution in [0.15, 0.2) is 4.99 Å². The standard InChI is InChI=1S/C20H36N6O3.HI/c1-5-28-13-7-12-21-20(22-14-18-25-24-15(3)26(18)4)23-17-10-8-16(9-11-17)19(27)29-6-2;/h16-17H,5-14H2,1-4H3,(H2,21,22,23);1H. The Morgan fingerprint density at radius 1 is 1.20 bits per heavy atom. The van der Waals surface area contributed by atoms with E-state index < -0.39 is 0 Å². The molecular formula is C20H37IN6O3. The van der Waals surface area contributed by atoms with E-state index in [1.165, 1.54) is 0 Å². The van der Waals surface area contributed by atoms with Gasteiger partial charge in [-0.1, -0.05) is 0 Å². The van der Waals surface area contributed by atoms with E-state index in [2.05, 4.69) is 20.8 Å². The van der Waals surface area contributed by atoms with Crippen LogP contribution in [0.4, 0.5) is 0 Å². The Morgan fingerprint density at radius 2 is 1.93 bits per heavy atom. The van der Waals surface area contributed by atoms with Gasteiger partial charge in [-0.15, -0.1) is 34.2 Å². The van der Waals surface area contributed by atoms with E-state index in [9.17, 15) is 4.79 Å². The number of rotatable bonds is 10. The predicted octanol–water partition coefficient (Wildman–Crippen LogP) is 2.33. The van der Waals surface area contributed by atoms with Crippen LogP contribution in [0.25, 0.3) is 0 Å². The summed E-state index contributed by atoms with van der Waals surface area (Å²) in [6.07, 6.45) is 4.44. The topological polar surface area (TPSA) is 103 Å². The summed E-state index contributed by atoms with van der Waals surface area (Å²) in [5, 5.41) is 15.2. The Labute approximate surface area is 196 Å². The van der Waals surface area contributed by atoms with Crippen LogP contribution in [0.1, 0.15) is 57.6 Å². The van der Waals surface area contributed by atoms with E-state index >= 15 is 0 Å². The van der Waals surface area contributed by atoms with Gasteiger partial charge >= 0.3 is 5.97 Å². The van der Waals surface area contributed by atoms with Gasteiger partial charge in [-0.3, -0.25) is 4.79 Å². The minimum absolute atomic E-state index is 0. The maximum Gasteiger partial charge on any atom is 0.308 e. The predicted molar refractivity (Wildman–Crippen MR) is 127 cm³/mol. The Bertz CT molecular complexity index is 659. The number of ether oxygens (including phenoxy) is 2. The minimum Gasteiger partial charge on any atom is -0.466 e. The third-order valence-electron chi connectivity index (χ3n) is 5.21. The van der Waals surface area contributed by atoms with Crippen LogP contribution >= 0.6 is 24.0 Å². The molecule has 0 bridgehead atoms. The van der Waals surface area contributed by atoms with Gasteiger partial charge in [0.1, 0.15) is 12.4 Å². The lowest BCUT2D eigenvalue weighted by Crippen LogP contribution is -2.45. The second-order valence-electron chi connectivity index (χ2n) is 7.31. The summed E-state index contributed by atoms with van der Waals surface area (Å²) in [6.45, 7) is 8.91. The van der Waals surface area contributed by atoms with Crippen molar-refractivity contribution in [3.05, 3.63) is 11.6 Å². The highest BCUT2D eigenvalue weighted by Crippen LogP contribution is 2.25. The Morgan fingerprint density at radius 3 is 2.53 bits per heavy atom. The molecule has 0 atom stereocenters. The second-order valence-corrected chi connectivity index (χ2v) is 7.31. The van der Waals surface area contributed by atoms with Crippen LogP contribution in [0.5, 0.6) is 0 Å². The summed E-state index contributed by atoms with van der Waals surface area (Å²) in [5.74, 6) is 2.41. The SMILES string of the molecule is CCOCCCNC(=NCc1nnc(C)n1C)NC1CCC(C(=O)OCC)CC1.I. The fourth-order valence-corrected chi connectivity index (χ4v) is 3.34. The van der Waals surface area contributed by atoms with Crippen molar-refractivity contribution >= 4 is 35.9 Å². The maximum atomic E-state index is 11.9. The summed E-state index contributed by atoms with van der Waals surface area (Å²) < 4.78 is 12.5. The Balaban J connectivity index is 0.00000450. The highest BCUT2D eigenvalue weighted by Gasteiger charge is 2.27. The number of halogens is 1. The van der Waals surface area contributed by atoms with E-state index in [0.29, 0.717) is 19.2 Å². The van der Waals surface area contributed by atoms with Gasteiger partial charge in [-0.25, -0.2) is 4.99 Å². The molecule has 172 valence electrons. The quantitative estimate of drug-likeness (QED) is 0.156. The van der Waals surface area contributed by atoms with E-state index in [0.717, 1.165) is 69.5 Å². The van der Waals surface area contributed by atoms with Crippen molar-refractivity contribution in [1.82, 2.24) is 25.4 Å². The van der Waals surface area contributed by atoms with Gasteiger partial charge in [-0.2, -0.15) is 0 Å². The van der Waals surface area contributed by atoms with Gasteiger partial charge < -0.3 is 24.7 Å². The summed E-state index contributed by atoms with van der Waals surface area (Å²) in [4.78, 5) is 16.6. The zero-order chi connectivity index (χ0) is 21.1. The van der Waals surface area contributed by atoms with Gasteiger partial charge in [-0.05, 0) is 52.9 Å². The number of aromatic nitrogens is 3. The first kappa shape index (κ1) is 26.6. The molecule has 0 radical (unpaired) electrons. The average Bonchev–Trinajstić information content (AvgIpc) is 3.04. The molecule has 0 unspecified atom stereocenters. The molecule has 9 nitrogen and oxygen atoms in total. The lowest BCUT2D eigenvalue weighted by atomic mass is 9.86. The van der Waals surface area contributed by atoms with Gasteiger partial charge in [0.15, 0.2) is 11.8 Å². The molecule has 0 saturated heterocycles. The average molecular weight is 536 g/mol. The molecule has 2 N–H and O–H groups in total. The van der Waals surface area contributed by atoms with Crippen molar-refractivity contribution in [1.29, 1.82) is 0 Å². The van der Waals surface area contributed by atoms with Crippen LogP contribution in [0, 0.1) is 12.8 Å². The van der Waals surface area contributed by atoms with Crippen LogP contribution in [0.2, 0.25) is 0 Å². The Kier molecular flexibility index (Phi) is 12.9. The summed E-state index contributed by atoms with van der Waals surface area (Å²) >= 11 is 0. The van der Waals surface area contributed by atoms with E-state index in [1.807, 2.05) is 32.4 Å². The van der Waals surface area contributed by atoms with Crippen LogP contribution in [-0.2, 0) is 27.9 Å². The third-order valence-corrected chi connectivity index (χ3v) is 5.21. The lowest BCUT2D eigenvalue weighted by molar-refractivity contribution is -0.149. The molecule has 0 spiro atoms. The van der Waals surface area contributed by atoms with Crippen molar-refractivity contribution < 1.29 is 14.3 Å². The Hall–Kier alpha value is -1.43. The number of hydrogen-bond acceptors (Lipinski definition) is 6. The molecule has 1 heterocycles. The van der Waals surface area contributed by atoms with Gasteiger partial charge in [0, 0.05) is 32.8 Å². The van der Waals surface area contributed by atoms with Crippen LogP contribution in [-0.4, -0.2) is 59.1 Å². The molecule has 1 fully saturated rings. The molecule has 1 aromatic heterocycles. The number of esters is 1. The molecule has 1 aromatic rings. The number of aryl methyl sites for hydroxylation is 1. The monoisotopic (exact) mass is 536 g/mol. The largest absolute Gasteiger partial charge is 0.466 e. The molecule has 1 saturated carbocycles. The summed E-state index contributed by atoms with van der Waals surface area (Å²) in [7, 11) is 1.94. The molecule has 1 aliphatic rings. The maximum absolute atomic E-state index is 11.9. The fraction of sp³-hybridized carbons (Fsp3) is 0.800. The number of hydrogen-bond donors (Lipinski definition) is 2. The first-order valence-electron chi connectivity index (χ1n) is 10.7. The second kappa shape index (κ2) is 14.6. The number of guanidine groups is 1. The van der Waals surface area contributed by atoms with Gasteiger partial charge in [0.05, 0.1) is 12.5 Å². The number of aliphatic imine (C=N–C) groups is 1. The van der Waals surface area contributed by atoms with E-state index in [1.54, 1.807) is 0 Å². The minimum atomic E-state index is -0.0634. The molecule has 0 amide bonds. The van der Waals surface area contributed by atoms with Crippen LogP contribution < -0.4 is 10.6 Å². The van der Waals surface area contributed by atoms with Crippen molar-refractivity contribution in [2.24, 2.45) is 18.0 Å². The molecule has 0 aromatic carbocycles. The van der Waals surface area contributed by atoms with Crippen molar-refractivity contribution in [2.75, 3.05) is 26.4 Å². The zero-order valence-electron chi connectivity index (χ0n) is 18.6. The van der Waals surface area contributed by atoms with E-state index in [4.69, 9.17) is 14.5 Å². The molecule has 10 heteroatoms. The van der Waals surface area contributed by atoms with Crippen LogP contribution in [0.3, 0.4) is 0 Å². The van der Waals surface area contributed by atoms with Crippen molar-refractivity contribution in [3.63, 3.8) is 0 Å². The molecular weight excluding hydrogens is 499 g/mol. The normalized spacial score (nSPS) is 19.1.